The molecule has 0 aliphatic rings. The zero-order valence-corrected chi connectivity index (χ0v) is 12.6. The Morgan fingerprint density at radius 3 is 2.29 bits per heavy atom. The molecule has 0 bridgehead atoms. The Balaban J connectivity index is 2.06. The van der Waals surface area contributed by atoms with Gasteiger partial charge in [0.15, 0.2) is 0 Å². The predicted octanol–water partition coefficient (Wildman–Crippen LogP) is 4.35. The minimum absolute atomic E-state index is 0.0504. The van der Waals surface area contributed by atoms with Crippen LogP contribution in [0, 0.1) is 6.92 Å². The van der Waals surface area contributed by atoms with E-state index in [2.05, 4.69) is 41.8 Å². The van der Waals surface area contributed by atoms with Gasteiger partial charge in [0.1, 0.15) is 0 Å². The summed E-state index contributed by atoms with van der Waals surface area (Å²) in [7, 11) is 0. The van der Waals surface area contributed by atoms with Gasteiger partial charge < -0.3 is 0 Å². The van der Waals surface area contributed by atoms with Crippen LogP contribution in [0.25, 0.3) is 10.8 Å². The molecule has 0 saturated carbocycles. The van der Waals surface area contributed by atoms with Gasteiger partial charge in [-0.3, -0.25) is 5.84 Å². The lowest BCUT2D eigenvalue weighted by atomic mass is 9.96. The molecule has 3 N–H and O–H groups in total. The SMILES string of the molecule is Cc1cc(C(NN)c2ccc3ccccc3c2)ccc1Cl. The second-order valence-electron chi connectivity index (χ2n) is 5.21. The highest BCUT2D eigenvalue weighted by atomic mass is 35.5. The summed E-state index contributed by atoms with van der Waals surface area (Å²) >= 11 is 6.10. The Kier molecular flexibility index (Phi) is 3.93. The first-order valence-corrected chi connectivity index (χ1v) is 7.28. The van der Waals surface area contributed by atoms with E-state index >= 15 is 0 Å². The van der Waals surface area contributed by atoms with Crippen molar-refractivity contribution in [3.63, 3.8) is 0 Å². The number of hydrogen-bond donors (Lipinski definition) is 2. The average Bonchev–Trinajstić information content (AvgIpc) is 2.51. The van der Waals surface area contributed by atoms with E-state index in [0.717, 1.165) is 21.7 Å². The fourth-order valence-corrected chi connectivity index (χ4v) is 2.74. The van der Waals surface area contributed by atoms with Gasteiger partial charge in [0.25, 0.3) is 0 Å². The fourth-order valence-electron chi connectivity index (χ4n) is 2.62. The number of rotatable bonds is 3. The van der Waals surface area contributed by atoms with E-state index in [1.54, 1.807) is 0 Å². The van der Waals surface area contributed by atoms with Crippen molar-refractivity contribution in [3.8, 4) is 0 Å². The van der Waals surface area contributed by atoms with Crippen molar-refractivity contribution in [2.45, 2.75) is 13.0 Å². The van der Waals surface area contributed by atoms with Crippen molar-refractivity contribution in [3.05, 3.63) is 82.4 Å². The molecule has 1 atom stereocenters. The number of nitrogens with one attached hydrogen (secondary N) is 1. The van der Waals surface area contributed by atoms with Crippen molar-refractivity contribution in [2.75, 3.05) is 0 Å². The molecular weight excluding hydrogens is 280 g/mol. The summed E-state index contributed by atoms with van der Waals surface area (Å²) < 4.78 is 0. The molecule has 0 aromatic heterocycles. The lowest BCUT2D eigenvalue weighted by Crippen LogP contribution is -2.28. The highest BCUT2D eigenvalue weighted by Crippen LogP contribution is 2.27. The van der Waals surface area contributed by atoms with Crippen LogP contribution in [-0.2, 0) is 0 Å². The molecule has 0 heterocycles. The monoisotopic (exact) mass is 296 g/mol. The molecule has 0 radical (unpaired) electrons. The summed E-state index contributed by atoms with van der Waals surface area (Å²) in [5, 5.41) is 3.21. The van der Waals surface area contributed by atoms with Gasteiger partial charge in [0, 0.05) is 5.02 Å². The number of halogens is 1. The second kappa shape index (κ2) is 5.86. The van der Waals surface area contributed by atoms with E-state index in [0.29, 0.717) is 0 Å². The van der Waals surface area contributed by atoms with Gasteiger partial charge in [0.05, 0.1) is 6.04 Å². The van der Waals surface area contributed by atoms with Gasteiger partial charge in [-0.1, -0.05) is 60.1 Å². The van der Waals surface area contributed by atoms with Crippen molar-refractivity contribution in [1.29, 1.82) is 0 Å². The molecular formula is C18H17ClN2. The molecule has 0 spiro atoms. The smallest absolute Gasteiger partial charge is 0.0710 e. The van der Waals surface area contributed by atoms with Crippen LogP contribution in [0.4, 0.5) is 0 Å². The molecule has 0 fully saturated rings. The van der Waals surface area contributed by atoms with Gasteiger partial charge in [-0.05, 0) is 46.5 Å². The van der Waals surface area contributed by atoms with E-state index in [4.69, 9.17) is 17.4 Å². The second-order valence-corrected chi connectivity index (χ2v) is 5.62. The van der Waals surface area contributed by atoms with Crippen LogP contribution >= 0.6 is 11.6 Å². The highest BCUT2D eigenvalue weighted by molar-refractivity contribution is 6.31. The summed E-state index contributed by atoms with van der Waals surface area (Å²) in [6.45, 7) is 2.00. The Labute approximate surface area is 129 Å². The summed E-state index contributed by atoms with van der Waals surface area (Å²) in [5.41, 5.74) is 6.20. The zero-order chi connectivity index (χ0) is 14.8. The van der Waals surface area contributed by atoms with Crippen LogP contribution in [0.2, 0.25) is 5.02 Å². The summed E-state index contributed by atoms with van der Waals surface area (Å²) in [5.74, 6) is 5.79. The van der Waals surface area contributed by atoms with E-state index in [9.17, 15) is 0 Å². The van der Waals surface area contributed by atoms with E-state index in [-0.39, 0.29) is 6.04 Å². The molecule has 0 aliphatic heterocycles. The van der Waals surface area contributed by atoms with Gasteiger partial charge in [-0.25, -0.2) is 5.43 Å². The third-order valence-electron chi connectivity index (χ3n) is 3.79. The summed E-state index contributed by atoms with van der Waals surface area (Å²) in [6, 6.07) is 20.7. The van der Waals surface area contributed by atoms with Crippen LogP contribution in [0.1, 0.15) is 22.7 Å². The molecule has 3 aromatic carbocycles. The standard InChI is InChI=1S/C18H17ClN2/c1-12-10-15(8-9-17(12)19)18(21-20)16-7-6-13-4-2-3-5-14(13)11-16/h2-11,18,21H,20H2,1H3. The first-order valence-electron chi connectivity index (χ1n) is 6.90. The molecule has 21 heavy (non-hydrogen) atoms. The fraction of sp³-hybridized carbons (Fsp3) is 0.111. The molecule has 3 rings (SSSR count). The number of hydrogen-bond acceptors (Lipinski definition) is 2. The van der Waals surface area contributed by atoms with Crippen LogP contribution in [0.5, 0.6) is 0 Å². The normalized spacial score (nSPS) is 12.5. The number of benzene rings is 3. The maximum absolute atomic E-state index is 6.10. The van der Waals surface area contributed by atoms with Crippen LogP contribution < -0.4 is 11.3 Å². The molecule has 1 unspecified atom stereocenters. The molecule has 3 heteroatoms. The topological polar surface area (TPSA) is 38.0 Å². The number of nitrogens with two attached hydrogens (primary N) is 1. The van der Waals surface area contributed by atoms with Gasteiger partial charge in [0.2, 0.25) is 0 Å². The van der Waals surface area contributed by atoms with Crippen LogP contribution in [0.15, 0.2) is 60.7 Å². The summed E-state index contributed by atoms with van der Waals surface area (Å²) in [4.78, 5) is 0. The van der Waals surface area contributed by atoms with Gasteiger partial charge in [-0.2, -0.15) is 0 Å². The van der Waals surface area contributed by atoms with Crippen molar-refractivity contribution < 1.29 is 0 Å². The minimum atomic E-state index is -0.0504. The third-order valence-corrected chi connectivity index (χ3v) is 4.21. The summed E-state index contributed by atoms with van der Waals surface area (Å²) in [6.07, 6.45) is 0. The third kappa shape index (κ3) is 2.79. The van der Waals surface area contributed by atoms with Crippen molar-refractivity contribution in [1.82, 2.24) is 5.43 Å². The zero-order valence-electron chi connectivity index (χ0n) is 11.8. The Morgan fingerprint density at radius 1 is 0.905 bits per heavy atom. The molecule has 0 aliphatic carbocycles. The van der Waals surface area contributed by atoms with Crippen LogP contribution in [-0.4, -0.2) is 0 Å². The minimum Gasteiger partial charge on any atom is -0.271 e. The van der Waals surface area contributed by atoms with Gasteiger partial charge >= 0.3 is 0 Å². The number of fused-ring (bicyclic) bond motifs is 1. The van der Waals surface area contributed by atoms with E-state index < -0.39 is 0 Å². The lowest BCUT2D eigenvalue weighted by molar-refractivity contribution is 0.637. The molecule has 0 amide bonds. The Hall–Kier alpha value is -1.87. The largest absolute Gasteiger partial charge is 0.271 e. The van der Waals surface area contributed by atoms with Crippen molar-refractivity contribution >= 4 is 22.4 Å². The first kappa shape index (κ1) is 14.1. The molecule has 0 saturated heterocycles. The molecule has 3 aromatic rings. The molecule has 106 valence electrons. The van der Waals surface area contributed by atoms with Crippen molar-refractivity contribution in [2.24, 2.45) is 5.84 Å². The first-order chi connectivity index (χ1) is 10.2. The number of hydrazine groups is 1. The van der Waals surface area contributed by atoms with E-state index in [1.807, 2.05) is 31.2 Å². The predicted molar refractivity (Wildman–Crippen MR) is 89.3 cm³/mol. The Morgan fingerprint density at radius 2 is 1.57 bits per heavy atom. The quantitative estimate of drug-likeness (QED) is 0.557. The molecule has 2 nitrogen and oxygen atoms in total. The van der Waals surface area contributed by atoms with E-state index in [1.165, 1.54) is 10.8 Å². The Bertz CT molecular complexity index is 783. The highest BCUT2D eigenvalue weighted by Gasteiger charge is 2.13. The lowest BCUT2D eigenvalue weighted by Gasteiger charge is -2.18. The maximum atomic E-state index is 6.10. The number of aryl methyl sites for hydroxylation is 1. The average molecular weight is 297 g/mol. The van der Waals surface area contributed by atoms with Crippen LogP contribution in [0.3, 0.4) is 0 Å². The van der Waals surface area contributed by atoms with Gasteiger partial charge in [-0.15, -0.1) is 0 Å². The maximum Gasteiger partial charge on any atom is 0.0710 e.